The SMILES string of the molecule is CCCC(N=CNN)NC(=O)C(Cc1cc(Br)c(OCCCN)c(Br)c1)=NO. The summed E-state index contributed by atoms with van der Waals surface area (Å²) in [5.74, 6) is 5.31. The highest BCUT2D eigenvalue weighted by atomic mass is 79.9. The Bertz CT molecular complexity index is 676. The Morgan fingerprint density at radius 2 is 2.07 bits per heavy atom. The molecule has 0 spiro atoms. The van der Waals surface area contributed by atoms with Crippen LogP contribution in [0.25, 0.3) is 0 Å². The van der Waals surface area contributed by atoms with E-state index in [1.165, 1.54) is 6.34 Å². The molecule has 1 aromatic rings. The van der Waals surface area contributed by atoms with Crippen molar-refractivity contribution in [3.63, 3.8) is 0 Å². The van der Waals surface area contributed by atoms with Crippen molar-refractivity contribution in [2.75, 3.05) is 13.2 Å². The number of hydrogen-bond donors (Lipinski definition) is 5. The number of oxime groups is 1. The average Bonchev–Trinajstić information content (AvgIpc) is 2.66. The van der Waals surface area contributed by atoms with Crippen LogP contribution in [-0.4, -0.2) is 42.5 Å². The third-order valence-electron chi connectivity index (χ3n) is 3.60. The molecule has 1 unspecified atom stereocenters. The minimum Gasteiger partial charge on any atom is -0.491 e. The highest BCUT2D eigenvalue weighted by Gasteiger charge is 2.18. The molecule has 28 heavy (non-hydrogen) atoms. The van der Waals surface area contributed by atoms with Gasteiger partial charge < -0.3 is 26.4 Å². The van der Waals surface area contributed by atoms with Gasteiger partial charge in [-0.25, -0.2) is 10.8 Å². The van der Waals surface area contributed by atoms with Crippen LogP contribution >= 0.6 is 31.9 Å². The number of hydrazine groups is 1. The molecule has 1 aromatic carbocycles. The van der Waals surface area contributed by atoms with Gasteiger partial charge >= 0.3 is 0 Å². The molecule has 0 heterocycles. The van der Waals surface area contributed by atoms with Gasteiger partial charge in [-0.1, -0.05) is 18.5 Å². The maximum Gasteiger partial charge on any atom is 0.271 e. The Morgan fingerprint density at radius 3 is 2.61 bits per heavy atom. The monoisotopic (exact) mass is 520 g/mol. The predicted molar refractivity (Wildman–Crippen MR) is 117 cm³/mol. The maximum atomic E-state index is 12.5. The summed E-state index contributed by atoms with van der Waals surface area (Å²) in [6.07, 6.45) is 3.12. The first-order chi connectivity index (χ1) is 13.5. The number of halogens is 2. The average molecular weight is 522 g/mol. The summed E-state index contributed by atoms with van der Waals surface area (Å²) in [7, 11) is 0. The lowest BCUT2D eigenvalue weighted by Gasteiger charge is -2.15. The molecule has 0 fully saturated rings. The third kappa shape index (κ3) is 8.13. The Labute approximate surface area is 181 Å². The second kappa shape index (κ2) is 13.5. The van der Waals surface area contributed by atoms with Crippen molar-refractivity contribution in [2.45, 2.75) is 38.8 Å². The van der Waals surface area contributed by atoms with Crippen molar-refractivity contribution in [1.82, 2.24) is 10.7 Å². The van der Waals surface area contributed by atoms with Gasteiger partial charge in [0.15, 0.2) is 0 Å². The number of nitrogens with one attached hydrogen (secondary N) is 2. The van der Waals surface area contributed by atoms with Crippen LogP contribution in [0.4, 0.5) is 0 Å². The first-order valence-corrected chi connectivity index (χ1v) is 10.4. The summed E-state index contributed by atoms with van der Waals surface area (Å²) in [5.41, 5.74) is 8.49. The number of hydrogen-bond acceptors (Lipinski definition) is 7. The fourth-order valence-corrected chi connectivity index (χ4v) is 3.80. The van der Waals surface area contributed by atoms with Crippen LogP contribution in [0, 0.1) is 0 Å². The number of carbonyl (C=O) groups is 1. The van der Waals surface area contributed by atoms with Crippen molar-refractivity contribution < 1.29 is 14.7 Å². The van der Waals surface area contributed by atoms with Gasteiger partial charge in [0, 0.05) is 6.42 Å². The molecule has 0 aliphatic carbocycles. The minimum atomic E-state index is -0.509. The van der Waals surface area contributed by atoms with Crippen LogP contribution in [0.5, 0.6) is 5.75 Å². The van der Waals surface area contributed by atoms with Crippen LogP contribution in [0.2, 0.25) is 0 Å². The number of aliphatic imine (C=N–C) groups is 1. The zero-order chi connectivity index (χ0) is 20.9. The van der Waals surface area contributed by atoms with Crippen LogP contribution in [-0.2, 0) is 11.2 Å². The molecule has 0 saturated heterocycles. The highest BCUT2D eigenvalue weighted by molar-refractivity contribution is 9.11. The van der Waals surface area contributed by atoms with E-state index in [9.17, 15) is 10.0 Å². The molecule has 0 aliphatic heterocycles. The normalized spacial score (nSPS) is 12.8. The summed E-state index contributed by atoms with van der Waals surface area (Å²) >= 11 is 6.92. The summed E-state index contributed by atoms with van der Waals surface area (Å²) < 4.78 is 7.13. The van der Waals surface area contributed by atoms with Crippen LogP contribution in [0.15, 0.2) is 31.2 Å². The zero-order valence-electron chi connectivity index (χ0n) is 15.6. The molecule has 1 rings (SSSR count). The summed E-state index contributed by atoms with van der Waals surface area (Å²) in [5, 5.41) is 15.2. The lowest BCUT2D eigenvalue weighted by molar-refractivity contribution is -0.115. The lowest BCUT2D eigenvalue weighted by Crippen LogP contribution is -2.39. The molecule has 156 valence electrons. The molecule has 0 bridgehead atoms. The maximum absolute atomic E-state index is 12.5. The number of amides is 1. The quantitative estimate of drug-likeness (QED) is 0.0709. The first kappa shape index (κ1) is 24.3. The van der Waals surface area contributed by atoms with Crippen molar-refractivity contribution in [3.05, 3.63) is 26.6 Å². The zero-order valence-corrected chi connectivity index (χ0v) is 18.8. The third-order valence-corrected chi connectivity index (χ3v) is 4.77. The molecule has 9 nitrogen and oxygen atoms in total. The van der Waals surface area contributed by atoms with Gasteiger partial charge in [0.1, 0.15) is 17.6 Å². The Kier molecular flexibility index (Phi) is 11.7. The molecule has 1 amide bonds. The second-order valence-electron chi connectivity index (χ2n) is 5.83. The molecule has 0 radical (unpaired) electrons. The van der Waals surface area contributed by atoms with Gasteiger partial charge in [0.2, 0.25) is 0 Å². The van der Waals surface area contributed by atoms with Crippen molar-refractivity contribution in [1.29, 1.82) is 0 Å². The van der Waals surface area contributed by atoms with E-state index < -0.39 is 12.1 Å². The van der Waals surface area contributed by atoms with Crippen LogP contribution in [0.1, 0.15) is 31.7 Å². The second-order valence-corrected chi connectivity index (χ2v) is 7.53. The summed E-state index contributed by atoms with van der Waals surface area (Å²) in [6.45, 7) is 3.01. The number of benzene rings is 1. The summed E-state index contributed by atoms with van der Waals surface area (Å²) in [4.78, 5) is 16.6. The minimum absolute atomic E-state index is 0.0346. The number of ether oxygens (including phenoxy) is 1. The molecule has 0 saturated carbocycles. The number of carbonyl (C=O) groups excluding carboxylic acids is 1. The van der Waals surface area contributed by atoms with Crippen LogP contribution < -0.4 is 27.1 Å². The standard InChI is InChI=1S/C17H26Br2N6O3/c1-2-4-15(22-10-23-21)24-17(26)14(25-27)9-11-7-12(18)16(13(19)8-11)28-6-3-5-20/h7-8,10,15,27H,2-6,9,20-21H2,1H3,(H,22,23)(H,24,26). The van der Waals surface area contributed by atoms with E-state index in [0.29, 0.717) is 34.3 Å². The van der Waals surface area contributed by atoms with Gasteiger partial charge in [-0.15, -0.1) is 0 Å². The van der Waals surface area contributed by atoms with E-state index in [4.69, 9.17) is 16.3 Å². The smallest absolute Gasteiger partial charge is 0.271 e. The fourth-order valence-electron chi connectivity index (χ4n) is 2.29. The number of rotatable bonds is 12. The van der Waals surface area contributed by atoms with E-state index in [1.54, 1.807) is 12.1 Å². The van der Waals surface area contributed by atoms with E-state index in [0.717, 1.165) is 18.4 Å². The number of nitrogens with zero attached hydrogens (tertiary/aromatic N) is 2. The molecular formula is C17H26Br2N6O3. The first-order valence-electron chi connectivity index (χ1n) is 8.77. The van der Waals surface area contributed by atoms with Crippen molar-refractivity contribution in [3.8, 4) is 5.75 Å². The van der Waals surface area contributed by atoms with Gasteiger partial charge in [0.05, 0.1) is 21.9 Å². The molecule has 11 heteroatoms. The molecule has 0 aromatic heterocycles. The van der Waals surface area contributed by atoms with Crippen molar-refractivity contribution in [2.24, 2.45) is 21.7 Å². The molecule has 0 aliphatic rings. The van der Waals surface area contributed by atoms with E-state index >= 15 is 0 Å². The molecule has 7 N–H and O–H groups in total. The predicted octanol–water partition coefficient (Wildman–Crippen LogP) is 2.05. The largest absolute Gasteiger partial charge is 0.491 e. The topological polar surface area (TPSA) is 147 Å². The fraction of sp³-hybridized carbons (Fsp3) is 0.471. The van der Waals surface area contributed by atoms with Crippen LogP contribution in [0.3, 0.4) is 0 Å². The Hall–Kier alpha value is -1.69. The van der Waals surface area contributed by atoms with E-state index in [1.807, 2.05) is 6.92 Å². The number of nitrogens with two attached hydrogens (primary N) is 2. The van der Waals surface area contributed by atoms with E-state index in [2.05, 4.69) is 52.8 Å². The van der Waals surface area contributed by atoms with Gasteiger partial charge in [-0.05, 0) is 68.9 Å². The van der Waals surface area contributed by atoms with E-state index in [-0.39, 0.29) is 12.1 Å². The Balaban J connectivity index is 2.86. The molecule has 1 atom stereocenters. The van der Waals surface area contributed by atoms with Gasteiger partial charge in [-0.2, -0.15) is 0 Å². The van der Waals surface area contributed by atoms with Crippen molar-refractivity contribution >= 4 is 49.8 Å². The van der Waals surface area contributed by atoms with Gasteiger partial charge in [-0.3, -0.25) is 4.79 Å². The van der Waals surface area contributed by atoms with Gasteiger partial charge in [0.25, 0.3) is 5.91 Å². The highest BCUT2D eigenvalue weighted by Crippen LogP contribution is 2.35. The Morgan fingerprint density at radius 1 is 1.39 bits per heavy atom. The molecular weight excluding hydrogens is 496 g/mol. The lowest BCUT2D eigenvalue weighted by atomic mass is 10.1. The summed E-state index contributed by atoms with van der Waals surface area (Å²) in [6, 6.07) is 3.61.